The molecule has 0 bridgehead atoms. The Balaban J connectivity index is 2.13. The van der Waals surface area contributed by atoms with Crippen molar-refractivity contribution in [2.24, 2.45) is 0 Å². The highest BCUT2D eigenvalue weighted by molar-refractivity contribution is 14.1. The maximum Gasteiger partial charge on any atom is 0.125 e. The summed E-state index contributed by atoms with van der Waals surface area (Å²) in [5.41, 5.74) is 2.88. The van der Waals surface area contributed by atoms with Crippen LogP contribution in [0.15, 0.2) is 35.1 Å². The molecule has 0 atom stereocenters. The summed E-state index contributed by atoms with van der Waals surface area (Å²) in [4.78, 5) is 4.54. The first-order valence-corrected chi connectivity index (χ1v) is 6.99. The molecule has 92 valence electrons. The zero-order valence-corrected chi connectivity index (χ0v) is 12.2. The van der Waals surface area contributed by atoms with Gasteiger partial charge in [-0.2, -0.15) is 0 Å². The Morgan fingerprint density at radius 3 is 2.94 bits per heavy atom. The molecule has 3 rings (SSSR count). The Morgan fingerprint density at radius 1 is 1.33 bits per heavy atom. The third kappa shape index (κ3) is 2.12. The van der Waals surface area contributed by atoms with Crippen LogP contribution in [0.1, 0.15) is 11.5 Å². The lowest BCUT2D eigenvalue weighted by molar-refractivity contribution is 0.409. The molecule has 0 spiro atoms. The number of imidazole rings is 1. The van der Waals surface area contributed by atoms with E-state index >= 15 is 0 Å². The Kier molecular flexibility index (Phi) is 3.25. The predicted octanol–water partition coefficient (Wildman–Crippen LogP) is 3.42. The number of aromatic nitrogens is 3. The van der Waals surface area contributed by atoms with Crippen molar-refractivity contribution in [3.63, 3.8) is 0 Å². The third-order valence-corrected chi connectivity index (χ3v) is 3.63. The van der Waals surface area contributed by atoms with Crippen LogP contribution < -0.4 is 0 Å². The number of benzene rings is 1. The highest BCUT2D eigenvalue weighted by Crippen LogP contribution is 2.21. The van der Waals surface area contributed by atoms with Crippen molar-refractivity contribution in [3.05, 3.63) is 45.6 Å². The van der Waals surface area contributed by atoms with Crippen molar-refractivity contribution in [3.8, 4) is 0 Å². The number of alkyl halides is 1. The second-order valence-electron chi connectivity index (χ2n) is 3.87. The van der Waals surface area contributed by atoms with E-state index in [-0.39, 0.29) is 0 Å². The van der Waals surface area contributed by atoms with Crippen LogP contribution in [0.3, 0.4) is 0 Å². The molecule has 0 aliphatic rings. The van der Waals surface area contributed by atoms with Gasteiger partial charge in [-0.3, -0.25) is 0 Å². The Bertz CT molecular complexity index is 678. The molecule has 0 amide bonds. The summed E-state index contributed by atoms with van der Waals surface area (Å²) in [6.07, 6.45) is 1.57. The van der Waals surface area contributed by atoms with Crippen LogP contribution in [-0.4, -0.2) is 14.7 Å². The first kappa shape index (κ1) is 12.0. The highest BCUT2D eigenvalue weighted by atomic mass is 127. The molecule has 18 heavy (non-hydrogen) atoms. The lowest BCUT2D eigenvalue weighted by Crippen LogP contribution is -2.03. The second-order valence-corrected chi connectivity index (χ2v) is 5.38. The van der Waals surface area contributed by atoms with Crippen LogP contribution in [0.5, 0.6) is 0 Å². The molecule has 0 aliphatic heterocycles. The van der Waals surface area contributed by atoms with E-state index in [0.29, 0.717) is 12.4 Å². The third-order valence-electron chi connectivity index (χ3n) is 2.72. The molecule has 4 nitrogen and oxygen atoms in total. The van der Waals surface area contributed by atoms with Gasteiger partial charge >= 0.3 is 0 Å². The molecule has 0 unspecified atom stereocenters. The molecule has 1 aromatic carbocycles. The van der Waals surface area contributed by atoms with E-state index in [1.807, 2.05) is 12.1 Å². The zero-order chi connectivity index (χ0) is 12.5. The van der Waals surface area contributed by atoms with Crippen LogP contribution in [0.2, 0.25) is 0 Å². The normalized spacial score (nSPS) is 11.2. The quantitative estimate of drug-likeness (QED) is 0.522. The van der Waals surface area contributed by atoms with Crippen LogP contribution in [0.4, 0.5) is 0 Å². The standard InChI is InChI=1S/C12H9ClIN3O/c13-6-12-15-10-5-8(14)1-2-11(10)17(12)7-9-3-4-18-16-9/h1-5H,6-7H2. The van der Waals surface area contributed by atoms with E-state index in [9.17, 15) is 0 Å². The largest absolute Gasteiger partial charge is 0.364 e. The number of fused-ring (bicyclic) bond motifs is 1. The summed E-state index contributed by atoms with van der Waals surface area (Å²) in [6.45, 7) is 0.621. The van der Waals surface area contributed by atoms with Gasteiger partial charge in [-0.05, 0) is 40.8 Å². The van der Waals surface area contributed by atoms with Crippen LogP contribution in [0, 0.1) is 3.57 Å². The number of halogens is 2. The molecule has 0 saturated heterocycles. The van der Waals surface area contributed by atoms with Gasteiger partial charge < -0.3 is 9.09 Å². The minimum Gasteiger partial charge on any atom is -0.364 e. The van der Waals surface area contributed by atoms with E-state index < -0.39 is 0 Å². The average Bonchev–Trinajstić information content (AvgIpc) is 2.97. The summed E-state index contributed by atoms with van der Waals surface area (Å²) in [6, 6.07) is 8.00. The van der Waals surface area contributed by atoms with Gasteiger partial charge in [-0.25, -0.2) is 4.98 Å². The molecule has 0 fully saturated rings. The maximum atomic E-state index is 5.95. The van der Waals surface area contributed by atoms with Crippen LogP contribution in [-0.2, 0) is 12.4 Å². The summed E-state index contributed by atoms with van der Waals surface area (Å²) < 4.78 is 8.08. The van der Waals surface area contributed by atoms with Gasteiger partial charge in [-0.1, -0.05) is 5.16 Å². The maximum absolute atomic E-state index is 5.95. The topological polar surface area (TPSA) is 43.9 Å². The summed E-state index contributed by atoms with van der Waals surface area (Å²) in [7, 11) is 0. The van der Waals surface area contributed by atoms with Gasteiger partial charge in [-0.15, -0.1) is 11.6 Å². The van der Waals surface area contributed by atoms with E-state index in [1.165, 1.54) is 0 Å². The lowest BCUT2D eigenvalue weighted by Gasteiger charge is -2.04. The van der Waals surface area contributed by atoms with E-state index in [4.69, 9.17) is 16.1 Å². The first-order valence-electron chi connectivity index (χ1n) is 5.38. The van der Waals surface area contributed by atoms with Gasteiger partial charge in [0, 0.05) is 9.64 Å². The minimum absolute atomic E-state index is 0.378. The molecule has 2 heterocycles. The van der Waals surface area contributed by atoms with E-state index in [0.717, 1.165) is 26.1 Å². The molecule has 0 radical (unpaired) electrons. The smallest absolute Gasteiger partial charge is 0.125 e. The van der Waals surface area contributed by atoms with Gasteiger partial charge in [0.1, 0.15) is 17.8 Å². The lowest BCUT2D eigenvalue weighted by atomic mass is 10.3. The second kappa shape index (κ2) is 4.89. The predicted molar refractivity (Wildman–Crippen MR) is 77.6 cm³/mol. The minimum atomic E-state index is 0.378. The van der Waals surface area contributed by atoms with Crippen molar-refractivity contribution in [2.75, 3.05) is 0 Å². The Labute approximate surface area is 122 Å². The van der Waals surface area contributed by atoms with Crippen LogP contribution >= 0.6 is 34.2 Å². The van der Waals surface area contributed by atoms with Crippen molar-refractivity contribution in [1.29, 1.82) is 0 Å². The van der Waals surface area contributed by atoms with Gasteiger partial charge in [0.25, 0.3) is 0 Å². The fourth-order valence-corrected chi connectivity index (χ4v) is 2.59. The summed E-state index contributed by atoms with van der Waals surface area (Å²) in [5.74, 6) is 1.22. The molecule has 0 aliphatic carbocycles. The molecule has 0 saturated carbocycles. The summed E-state index contributed by atoms with van der Waals surface area (Å²) >= 11 is 8.23. The summed E-state index contributed by atoms with van der Waals surface area (Å²) in [5, 5.41) is 3.92. The fraction of sp³-hybridized carbons (Fsp3) is 0.167. The number of rotatable bonds is 3. The fourth-order valence-electron chi connectivity index (χ4n) is 1.91. The zero-order valence-electron chi connectivity index (χ0n) is 9.31. The average molecular weight is 374 g/mol. The SMILES string of the molecule is ClCc1nc2cc(I)ccc2n1Cc1ccon1. The van der Waals surface area contributed by atoms with Gasteiger partial charge in [0.2, 0.25) is 0 Å². The van der Waals surface area contributed by atoms with Gasteiger partial charge in [0.05, 0.1) is 23.5 Å². The number of hydrogen-bond acceptors (Lipinski definition) is 3. The number of hydrogen-bond donors (Lipinski definition) is 0. The molecule has 0 N–H and O–H groups in total. The van der Waals surface area contributed by atoms with Crippen LogP contribution in [0.25, 0.3) is 11.0 Å². The van der Waals surface area contributed by atoms with Crippen molar-refractivity contribution in [2.45, 2.75) is 12.4 Å². The van der Waals surface area contributed by atoms with Crippen molar-refractivity contribution in [1.82, 2.24) is 14.7 Å². The number of nitrogens with zero attached hydrogens (tertiary/aromatic N) is 3. The first-order chi connectivity index (χ1) is 8.78. The Morgan fingerprint density at radius 2 is 2.22 bits per heavy atom. The van der Waals surface area contributed by atoms with Crippen molar-refractivity contribution < 1.29 is 4.52 Å². The van der Waals surface area contributed by atoms with Gasteiger partial charge in [0.15, 0.2) is 0 Å². The van der Waals surface area contributed by atoms with E-state index in [2.05, 4.69) is 49.4 Å². The molecule has 2 aromatic heterocycles. The van der Waals surface area contributed by atoms with Crippen molar-refractivity contribution >= 4 is 45.2 Å². The molecule has 3 aromatic rings. The van der Waals surface area contributed by atoms with E-state index in [1.54, 1.807) is 6.26 Å². The molecular formula is C12H9ClIN3O. The molecular weight excluding hydrogens is 365 g/mol. The highest BCUT2D eigenvalue weighted by Gasteiger charge is 2.11. The Hall–Kier alpha value is -1.08. The monoisotopic (exact) mass is 373 g/mol. The molecule has 6 heteroatoms.